The molecule has 3 heterocycles. The van der Waals surface area contributed by atoms with Crippen molar-refractivity contribution >= 4 is 11.6 Å². The predicted molar refractivity (Wildman–Crippen MR) is 220 cm³/mol. The van der Waals surface area contributed by atoms with Gasteiger partial charge in [-0.3, -0.25) is 19.3 Å². The Labute approximate surface area is 323 Å². The van der Waals surface area contributed by atoms with Gasteiger partial charge in [-0.05, 0) is 86.8 Å². The Balaban J connectivity index is 1.48. The summed E-state index contributed by atoms with van der Waals surface area (Å²) in [6.45, 7) is 16.9. The first-order valence-electron chi connectivity index (χ1n) is 18.9. The molecule has 284 valence electrons. The van der Waals surface area contributed by atoms with Gasteiger partial charge in [0, 0.05) is 46.7 Å². The van der Waals surface area contributed by atoms with Gasteiger partial charge in [0.1, 0.15) is 0 Å². The second kappa shape index (κ2) is 16.3. The van der Waals surface area contributed by atoms with Crippen LogP contribution in [0.2, 0.25) is 0 Å². The van der Waals surface area contributed by atoms with Crippen molar-refractivity contribution < 1.29 is 9.32 Å². The Kier molecular flexibility index (Phi) is 11.6. The molecule has 0 bridgehead atoms. The molecule has 0 atom stereocenters. The van der Waals surface area contributed by atoms with Crippen LogP contribution in [0.1, 0.15) is 83.1 Å². The van der Waals surface area contributed by atoms with Crippen molar-refractivity contribution in [2.24, 2.45) is 23.3 Å². The third kappa shape index (κ3) is 8.06. The number of anilines is 1. The molecule has 1 amide bonds. The summed E-state index contributed by atoms with van der Waals surface area (Å²) >= 11 is 0. The molecule has 0 saturated heterocycles. The fourth-order valence-electron chi connectivity index (χ4n) is 7.25. The van der Waals surface area contributed by atoms with E-state index in [1.54, 1.807) is 24.3 Å². The first kappa shape index (κ1) is 39.0. The second-order valence-electron chi connectivity index (χ2n) is 15.2. The van der Waals surface area contributed by atoms with E-state index in [-0.39, 0.29) is 24.8 Å². The van der Waals surface area contributed by atoms with E-state index in [1.807, 2.05) is 52.0 Å². The molecule has 10 heteroatoms. The summed E-state index contributed by atoms with van der Waals surface area (Å²) in [4.78, 5) is 37.9. The van der Waals surface area contributed by atoms with Crippen LogP contribution in [-0.4, -0.2) is 25.6 Å². The molecular formula is C45H51N7O3. The van der Waals surface area contributed by atoms with E-state index in [0.717, 1.165) is 68.7 Å². The van der Waals surface area contributed by atoms with Crippen LogP contribution in [0.25, 0.3) is 39.3 Å². The van der Waals surface area contributed by atoms with E-state index in [2.05, 4.69) is 62.4 Å². The zero-order valence-electron chi connectivity index (χ0n) is 33.1. The third-order valence-corrected chi connectivity index (χ3v) is 9.84. The van der Waals surface area contributed by atoms with Crippen LogP contribution in [0.4, 0.5) is 5.69 Å². The van der Waals surface area contributed by atoms with Gasteiger partial charge in [0.15, 0.2) is 5.82 Å². The van der Waals surface area contributed by atoms with Gasteiger partial charge in [0.25, 0.3) is 5.91 Å². The van der Waals surface area contributed by atoms with E-state index in [9.17, 15) is 9.59 Å². The number of nitrogens with one attached hydrogen (secondary N) is 1. The summed E-state index contributed by atoms with van der Waals surface area (Å²) in [5, 5.41) is 7.44. The van der Waals surface area contributed by atoms with Crippen LogP contribution in [0, 0.1) is 39.5 Å². The highest BCUT2D eigenvalue weighted by Crippen LogP contribution is 2.38. The molecule has 0 aliphatic rings. The minimum absolute atomic E-state index is 0.222. The largest absolute Gasteiger partial charge is 0.446 e. The van der Waals surface area contributed by atoms with Crippen LogP contribution < -0.4 is 22.5 Å². The Morgan fingerprint density at radius 2 is 1.25 bits per heavy atom. The fraction of sp³-hybridized carbons (Fsp3) is 0.311. The third-order valence-electron chi connectivity index (χ3n) is 9.84. The van der Waals surface area contributed by atoms with E-state index in [0.29, 0.717) is 45.7 Å². The van der Waals surface area contributed by atoms with Crippen molar-refractivity contribution in [2.75, 3.05) is 5.32 Å². The molecule has 6 rings (SSSR count). The predicted octanol–water partition coefficient (Wildman–Crippen LogP) is 8.42. The number of aromatic nitrogens is 4. The second-order valence-corrected chi connectivity index (χ2v) is 15.2. The maximum absolute atomic E-state index is 14.2. The monoisotopic (exact) mass is 737 g/mol. The number of carbonyl (C=O) groups excluding carboxylic acids is 1. The summed E-state index contributed by atoms with van der Waals surface area (Å²) in [7, 11) is 0. The number of nitrogens with zero attached hydrogens (tertiary/aromatic N) is 4. The fourth-order valence-corrected chi connectivity index (χ4v) is 7.25. The Hall–Kier alpha value is -5.71. The number of hydrogen-bond acceptors (Lipinski definition) is 8. The van der Waals surface area contributed by atoms with Crippen LogP contribution in [0.15, 0.2) is 82.1 Å². The highest BCUT2D eigenvalue weighted by molar-refractivity contribution is 6.07. The average Bonchev–Trinajstić information content (AvgIpc) is 3.53. The average molecular weight is 738 g/mol. The summed E-state index contributed by atoms with van der Waals surface area (Å²) in [6.07, 6.45) is 1.48. The molecule has 0 radical (unpaired) electrons. The zero-order chi connectivity index (χ0) is 39.6. The normalized spacial score (nSPS) is 11.5. The molecule has 0 fully saturated rings. The van der Waals surface area contributed by atoms with Crippen molar-refractivity contribution in [1.82, 2.24) is 19.7 Å². The summed E-state index contributed by atoms with van der Waals surface area (Å²) in [5.74, 6) is -0.0857. The highest BCUT2D eigenvalue weighted by atomic mass is 16.5. The van der Waals surface area contributed by atoms with Gasteiger partial charge < -0.3 is 16.8 Å². The van der Waals surface area contributed by atoms with Gasteiger partial charge in [-0.15, -0.1) is 0 Å². The lowest BCUT2D eigenvalue weighted by Gasteiger charge is -2.22. The molecule has 3 aromatic heterocycles. The summed E-state index contributed by atoms with van der Waals surface area (Å²) in [5.41, 5.74) is 25.5. The van der Waals surface area contributed by atoms with E-state index >= 15 is 0 Å². The molecule has 6 aromatic rings. The van der Waals surface area contributed by atoms with Gasteiger partial charge in [0.2, 0.25) is 0 Å². The minimum atomic E-state index is -0.678. The van der Waals surface area contributed by atoms with Gasteiger partial charge in [0.05, 0.1) is 22.8 Å². The van der Waals surface area contributed by atoms with Gasteiger partial charge >= 0.3 is 5.76 Å². The van der Waals surface area contributed by atoms with Gasteiger partial charge in [-0.25, -0.2) is 9.36 Å². The van der Waals surface area contributed by atoms with E-state index in [1.165, 1.54) is 4.57 Å². The summed E-state index contributed by atoms with van der Waals surface area (Å²) < 4.78 is 6.81. The molecule has 55 heavy (non-hydrogen) atoms. The standard InChI is InChI=1S/C45H51N7O3/c1-25(2)20-37-35(23-46)39(31-16-12-27(5)13-17-31)41(29(7)48-37)50-44(53)34-11-9-10-33(22-34)43-51-55-45(54)52(43)42-30(8)49-38(21-26(3)4)36(24-47)40(42)32-18-14-28(6)15-19-32/h9-19,22,25-26H,20-21,23-24,46-47H2,1-8H3,(H,50,53). The van der Waals surface area contributed by atoms with Crippen molar-refractivity contribution in [1.29, 1.82) is 0 Å². The number of benzene rings is 3. The number of hydrogen-bond donors (Lipinski definition) is 3. The molecule has 5 N–H and O–H groups in total. The van der Waals surface area contributed by atoms with Crippen LogP contribution in [0.3, 0.4) is 0 Å². The number of aryl methyl sites for hydroxylation is 4. The Morgan fingerprint density at radius 3 is 1.80 bits per heavy atom. The molecule has 0 saturated carbocycles. The Morgan fingerprint density at radius 1 is 0.727 bits per heavy atom. The maximum atomic E-state index is 14.2. The molecule has 3 aromatic carbocycles. The SMILES string of the molecule is Cc1ccc(-c2c(CN)c(CC(C)C)nc(C)c2NC(=O)c2cccc(-c3noc(=O)n3-c3c(C)nc(CC(C)C)c(CN)c3-c3ccc(C)cc3)c2)cc1. The van der Waals surface area contributed by atoms with Gasteiger partial charge in [-0.2, -0.15) is 0 Å². The zero-order valence-corrected chi connectivity index (χ0v) is 33.1. The van der Waals surface area contributed by atoms with Crippen molar-refractivity contribution in [3.8, 4) is 39.3 Å². The lowest BCUT2D eigenvalue weighted by molar-refractivity contribution is 0.102. The van der Waals surface area contributed by atoms with Crippen molar-refractivity contribution in [3.63, 3.8) is 0 Å². The van der Waals surface area contributed by atoms with Gasteiger partial charge in [-0.1, -0.05) is 105 Å². The molecule has 0 unspecified atom stereocenters. The molecular weight excluding hydrogens is 687 g/mol. The molecule has 0 aliphatic heterocycles. The Bertz CT molecular complexity index is 2410. The van der Waals surface area contributed by atoms with Crippen molar-refractivity contribution in [2.45, 2.75) is 81.3 Å². The number of amides is 1. The van der Waals surface area contributed by atoms with Crippen molar-refractivity contribution in [3.05, 3.63) is 134 Å². The first-order chi connectivity index (χ1) is 26.3. The molecule has 10 nitrogen and oxygen atoms in total. The number of nitrogens with two attached hydrogens (primary N) is 2. The van der Waals surface area contributed by atoms with Crippen LogP contribution in [-0.2, 0) is 25.9 Å². The number of rotatable bonds is 12. The lowest BCUT2D eigenvalue weighted by atomic mass is 9.92. The molecule has 0 spiro atoms. The lowest BCUT2D eigenvalue weighted by Crippen LogP contribution is -2.20. The minimum Gasteiger partial charge on any atom is -0.326 e. The van der Waals surface area contributed by atoms with E-state index < -0.39 is 5.76 Å². The highest BCUT2D eigenvalue weighted by Gasteiger charge is 2.27. The smallest absolute Gasteiger partial charge is 0.326 e. The number of pyridine rings is 2. The van der Waals surface area contributed by atoms with Crippen LogP contribution >= 0.6 is 0 Å². The maximum Gasteiger partial charge on any atom is 0.446 e. The van der Waals surface area contributed by atoms with Crippen LogP contribution in [0.5, 0.6) is 0 Å². The summed E-state index contributed by atoms with van der Waals surface area (Å²) in [6, 6.07) is 23.3. The molecule has 0 aliphatic carbocycles. The van der Waals surface area contributed by atoms with E-state index in [4.69, 9.17) is 26.0 Å². The first-order valence-corrected chi connectivity index (χ1v) is 18.9. The topological polar surface area (TPSA) is 155 Å². The quantitative estimate of drug-likeness (QED) is 0.113. The number of carbonyl (C=O) groups is 1.